The summed E-state index contributed by atoms with van der Waals surface area (Å²) in [5.74, 6) is 0. The van der Waals surface area contributed by atoms with Gasteiger partial charge in [0.25, 0.3) is 0 Å². The van der Waals surface area contributed by atoms with Gasteiger partial charge in [-0.2, -0.15) is 0 Å². The van der Waals surface area contributed by atoms with Gasteiger partial charge in [0, 0.05) is 18.1 Å². The topological polar surface area (TPSA) is 54.2 Å². The molecule has 0 atom stereocenters. The molecule has 0 radical (unpaired) electrons. The number of nitrogens with zero attached hydrogens (tertiary/aromatic N) is 4. The monoisotopic (exact) mass is 280 g/mol. The van der Waals surface area contributed by atoms with Gasteiger partial charge < -0.3 is 5.11 Å². The van der Waals surface area contributed by atoms with Crippen molar-refractivity contribution in [1.29, 1.82) is 0 Å². The van der Waals surface area contributed by atoms with Crippen LogP contribution in [0.2, 0.25) is 5.02 Å². The van der Waals surface area contributed by atoms with Gasteiger partial charge in [-0.25, -0.2) is 4.68 Å². The zero-order valence-electron chi connectivity index (χ0n) is 10.8. The van der Waals surface area contributed by atoms with Crippen LogP contribution in [0.4, 0.5) is 0 Å². The van der Waals surface area contributed by atoms with E-state index in [1.165, 1.54) is 0 Å². The van der Waals surface area contributed by atoms with Crippen LogP contribution in [0.25, 0.3) is 5.69 Å². The van der Waals surface area contributed by atoms with Crippen molar-refractivity contribution < 1.29 is 5.11 Å². The number of hydrogen-bond donors (Lipinski definition) is 1. The second-order valence-corrected chi connectivity index (χ2v) is 4.66. The van der Waals surface area contributed by atoms with E-state index in [4.69, 9.17) is 16.7 Å². The summed E-state index contributed by atoms with van der Waals surface area (Å²) in [5, 5.41) is 17.9. The molecule has 102 valence electrons. The lowest BCUT2D eigenvalue weighted by molar-refractivity contribution is 0.195. The van der Waals surface area contributed by atoms with Crippen LogP contribution in [0.5, 0.6) is 0 Å². The van der Waals surface area contributed by atoms with E-state index in [1.54, 1.807) is 4.68 Å². The SMILES string of the molecule is CCN(CCO)Cc1cn(-c2ccc(Cl)cc2)nn1. The minimum absolute atomic E-state index is 0.152. The molecular formula is C13H17ClN4O. The predicted octanol–water partition coefficient (Wildman–Crippen LogP) is 1.73. The summed E-state index contributed by atoms with van der Waals surface area (Å²) >= 11 is 5.85. The van der Waals surface area contributed by atoms with Crippen LogP contribution in [-0.4, -0.2) is 44.7 Å². The van der Waals surface area contributed by atoms with Crippen LogP contribution in [0.15, 0.2) is 30.5 Å². The third kappa shape index (κ3) is 3.76. The van der Waals surface area contributed by atoms with Gasteiger partial charge in [-0.05, 0) is 30.8 Å². The van der Waals surface area contributed by atoms with Gasteiger partial charge in [-0.15, -0.1) is 5.10 Å². The van der Waals surface area contributed by atoms with Gasteiger partial charge in [-0.1, -0.05) is 23.7 Å². The lowest BCUT2D eigenvalue weighted by Gasteiger charge is -2.16. The summed E-state index contributed by atoms with van der Waals surface area (Å²) in [7, 11) is 0. The van der Waals surface area contributed by atoms with Crippen LogP contribution >= 0.6 is 11.6 Å². The number of benzene rings is 1. The summed E-state index contributed by atoms with van der Waals surface area (Å²) in [6, 6.07) is 7.43. The van der Waals surface area contributed by atoms with Gasteiger partial charge in [0.1, 0.15) is 0 Å². The van der Waals surface area contributed by atoms with Crippen LogP contribution in [-0.2, 0) is 6.54 Å². The standard InChI is InChI=1S/C13H17ClN4O/c1-2-17(7-8-19)9-12-10-18(16-15-12)13-5-3-11(14)4-6-13/h3-6,10,19H,2,7-9H2,1H3. The fraction of sp³-hybridized carbons (Fsp3) is 0.385. The number of rotatable bonds is 6. The maximum atomic E-state index is 8.96. The molecule has 0 spiro atoms. The van der Waals surface area contributed by atoms with E-state index >= 15 is 0 Å². The fourth-order valence-electron chi connectivity index (χ4n) is 1.81. The lowest BCUT2D eigenvalue weighted by atomic mass is 10.3. The fourth-order valence-corrected chi connectivity index (χ4v) is 1.94. The number of aliphatic hydroxyl groups is 1. The Morgan fingerprint density at radius 3 is 2.68 bits per heavy atom. The Hall–Kier alpha value is -1.43. The van der Waals surface area contributed by atoms with E-state index < -0.39 is 0 Å². The first kappa shape index (κ1) is 14.0. The quantitative estimate of drug-likeness (QED) is 0.876. The van der Waals surface area contributed by atoms with Crippen molar-refractivity contribution in [1.82, 2.24) is 19.9 Å². The first-order chi connectivity index (χ1) is 9.22. The number of halogens is 1. The molecule has 1 N–H and O–H groups in total. The van der Waals surface area contributed by atoms with Crippen LogP contribution in [0.1, 0.15) is 12.6 Å². The third-order valence-electron chi connectivity index (χ3n) is 2.88. The van der Waals surface area contributed by atoms with E-state index in [0.717, 1.165) is 17.9 Å². The van der Waals surface area contributed by atoms with Crippen molar-refractivity contribution in [3.8, 4) is 5.69 Å². The molecule has 1 aromatic heterocycles. The van der Waals surface area contributed by atoms with Gasteiger partial charge in [0.05, 0.1) is 24.2 Å². The number of aromatic nitrogens is 3. The largest absolute Gasteiger partial charge is 0.395 e. The molecule has 0 amide bonds. The minimum Gasteiger partial charge on any atom is -0.395 e. The molecule has 1 aromatic carbocycles. The van der Waals surface area contributed by atoms with Gasteiger partial charge in [0.15, 0.2) is 0 Å². The predicted molar refractivity (Wildman–Crippen MR) is 74.4 cm³/mol. The molecular weight excluding hydrogens is 264 g/mol. The molecule has 5 nitrogen and oxygen atoms in total. The maximum absolute atomic E-state index is 8.96. The smallest absolute Gasteiger partial charge is 0.0971 e. The average Bonchev–Trinajstić information content (AvgIpc) is 2.87. The Morgan fingerprint density at radius 2 is 2.05 bits per heavy atom. The second-order valence-electron chi connectivity index (χ2n) is 4.22. The maximum Gasteiger partial charge on any atom is 0.0971 e. The highest BCUT2D eigenvalue weighted by molar-refractivity contribution is 6.30. The van der Waals surface area contributed by atoms with Crippen molar-refractivity contribution in [2.24, 2.45) is 0 Å². The molecule has 0 aliphatic heterocycles. The Morgan fingerprint density at radius 1 is 1.32 bits per heavy atom. The molecule has 2 rings (SSSR count). The summed E-state index contributed by atoms with van der Waals surface area (Å²) in [6.07, 6.45) is 1.89. The highest BCUT2D eigenvalue weighted by atomic mass is 35.5. The highest BCUT2D eigenvalue weighted by Crippen LogP contribution is 2.13. The number of hydrogen-bond acceptors (Lipinski definition) is 4. The molecule has 0 bridgehead atoms. The first-order valence-electron chi connectivity index (χ1n) is 6.23. The third-order valence-corrected chi connectivity index (χ3v) is 3.13. The zero-order chi connectivity index (χ0) is 13.7. The molecule has 6 heteroatoms. The summed E-state index contributed by atoms with van der Waals surface area (Å²) < 4.78 is 1.72. The molecule has 0 saturated carbocycles. The molecule has 0 saturated heterocycles. The normalized spacial score (nSPS) is 11.2. The molecule has 19 heavy (non-hydrogen) atoms. The number of aliphatic hydroxyl groups excluding tert-OH is 1. The summed E-state index contributed by atoms with van der Waals surface area (Å²) in [4.78, 5) is 2.11. The Kier molecular flexibility index (Phi) is 4.90. The van der Waals surface area contributed by atoms with Gasteiger partial charge in [-0.3, -0.25) is 4.90 Å². The highest BCUT2D eigenvalue weighted by Gasteiger charge is 2.07. The van der Waals surface area contributed by atoms with Crippen molar-refractivity contribution in [3.05, 3.63) is 41.2 Å². The molecule has 0 aliphatic rings. The zero-order valence-corrected chi connectivity index (χ0v) is 11.6. The first-order valence-corrected chi connectivity index (χ1v) is 6.61. The lowest BCUT2D eigenvalue weighted by Crippen LogP contribution is -2.26. The van der Waals surface area contributed by atoms with Crippen LogP contribution in [0, 0.1) is 0 Å². The second kappa shape index (κ2) is 6.65. The minimum atomic E-state index is 0.152. The Labute approximate surface area is 117 Å². The van der Waals surface area contributed by atoms with Crippen LogP contribution < -0.4 is 0 Å². The van der Waals surface area contributed by atoms with E-state index in [1.807, 2.05) is 30.5 Å². The summed E-state index contributed by atoms with van der Waals surface area (Å²) in [6.45, 7) is 4.40. The Bertz CT molecular complexity index is 512. The van der Waals surface area contributed by atoms with Crippen molar-refractivity contribution >= 4 is 11.6 Å². The van der Waals surface area contributed by atoms with E-state index in [2.05, 4.69) is 22.1 Å². The molecule has 0 fully saturated rings. The van der Waals surface area contributed by atoms with Crippen LogP contribution in [0.3, 0.4) is 0 Å². The number of likely N-dealkylation sites (N-methyl/N-ethyl adjacent to an activating group) is 1. The summed E-state index contributed by atoms with van der Waals surface area (Å²) in [5.41, 5.74) is 1.80. The average molecular weight is 281 g/mol. The molecule has 1 heterocycles. The van der Waals surface area contributed by atoms with Crippen molar-refractivity contribution in [3.63, 3.8) is 0 Å². The van der Waals surface area contributed by atoms with Crippen molar-refractivity contribution in [2.45, 2.75) is 13.5 Å². The van der Waals surface area contributed by atoms with E-state index in [9.17, 15) is 0 Å². The van der Waals surface area contributed by atoms with E-state index in [-0.39, 0.29) is 6.61 Å². The van der Waals surface area contributed by atoms with Crippen molar-refractivity contribution in [2.75, 3.05) is 19.7 Å². The molecule has 0 unspecified atom stereocenters. The van der Waals surface area contributed by atoms with Gasteiger partial charge >= 0.3 is 0 Å². The van der Waals surface area contributed by atoms with E-state index in [0.29, 0.717) is 18.1 Å². The Balaban J connectivity index is 2.08. The van der Waals surface area contributed by atoms with Gasteiger partial charge in [0.2, 0.25) is 0 Å². The molecule has 0 aliphatic carbocycles. The molecule has 2 aromatic rings.